The summed E-state index contributed by atoms with van der Waals surface area (Å²) in [5.74, 6) is -1.08. The number of urea groups is 2. The monoisotopic (exact) mass is 551 g/mol. The van der Waals surface area contributed by atoms with Gasteiger partial charge in [0.2, 0.25) is 0 Å². The van der Waals surface area contributed by atoms with Gasteiger partial charge >= 0.3 is 18.0 Å². The Bertz CT molecular complexity index is 1250. The van der Waals surface area contributed by atoms with E-state index in [0.29, 0.717) is 61.7 Å². The van der Waals surface area contributed by atoms with Crippen LogP contribution in [0.2, 0.25) is 0 Å². The second-order valence-electron chi connectivity index (χ2n) is 10.4. The molecule has 4 rings (SSSR count). The number of amides is 5. The largest absolute Gasteiger partial charge is 0.495 e. The Morgan fingerprint density at radius 2 is 1.68 bits per heavy atom. The van der Waals surface area contributed by atoms with Gasteiger partial charge in [0.25, 0.3) is 5.91 Å². The van der Waals surface area contributed by atoms with Crippen LogP contribution in [0.3, 0.4) is 0 Å². The molecule has 2 aromatic carbocycles. The number of benzene rings is 2. The van der Waals surface area contributed by atoms with Crippen molar-refractivity contribution in [1.82, 2.24) is 15.1 Å². The lowest BCUT2D eigenvalue weighted by atomic mass is 9.97. The number of likely N-dealkylation sites (tertiary alicyclic amines) is 2. The molecule has 2 atom stereocenters. The summed E-state index contributed by atoms with van der Waals surface area (Å²) >= 11 is 0. The van der Waals surface area contributed by atoms with Gasteiger partial charge in [-0.05, 0) is 68.4 Å². The highest BCUT2D eigenvalue weighted by Crippen LogP contribution is 2.28. The molecule has 2 aliphatic heterocycles. The zero-order valence-corrected chi connectivity index (χ0v) is 22.9. The smallest absolute Gasteiger partial charge is 0.323 e. The lowest BCUT2D eigenvalue weighted by molar-refractivity contribution is -0.143. The van der Waals surface area contributed by atoms with Crippen LogP contribution < -0.4 is 20.7 Å². The minimum Gasteiger partial charge on any atom is -0.495 e. The van der Waals surface area contributed by atoms with Crippen molar-refractivity contribution >= 4 is 35.3 Å². The lowest BCUT2D eigenvalue weighted by Gasteiger charge is -2.34. The maximum Gasteiger partial charge on any atom is 0.323 e. The van der Waals surface area contributed by atoms with E-state index in [9.17, 15) is 24.3 Å². The molecule has 2 unspecified atom stereocenters. The van der Waals surface area contributed by atoms with E-state index in [4.69, 9.17) is 4.74 Å². The van der Waals surface area contributed by atoms with Gasteiger partial charge in [-0.1, -0.05) is 18.2 Å². The summed E-state index contributed by atoms with van der Waals surface area (Å²) in [5, 5.41) is 17.8. The van der Waals surface area contributed by atoms with E-state index in [1.54, 1.807) is 28.0 Å². The van der Waals surface area contributed by atoms with Crippen molar-refractivity contribution in [2.45, 2.75) is 32.6 Å². The second-order valence-corrected chi connectivity index (χ2v) is 10.4. The number of piperidine rings is 2. The normalized spacial score (nSPS) is 18.9. The molecule has 2 aromatic rings. The maximum atomic E-state index is 13.3. The second kappa shape index (κ2) is 13.2. The van der Waals surface area contributed by atoms with E-state index in [2.05, 4.69) is 16.0 Å². The van der Waals surface area contributed by atoms with Crippen molar-refractivity contribution in [3.05, 3.63) is 53.6 Å². The Morgan fingerprint density at radius 1 is 0.950 bits per heavy atom. The summed E-state index contributed by atoms with van der Waals surface area (Å²) < 4.78 is 5.46. The molecule has 0 bridgehead atoms. The number of nitrogens with zero attached hydrogens (tertiary/aromatic N) is 2. The molecule has 214 valence electrons. The van der Waals surface area contributed by atoms with Gasteiger partial charge < -0.3 is 35.6 Å². The molecule has 2 fully saturated rings. The highest BCUT2D eigenvalue weighted by atomic mass is 16.5. The molecule has 2 saturated heterocycles. The molecule has 0 aromatic heterocycles. The van der Waals surface area contributed by atoms with Crippen molar-refractivity contribution in [2.75, 3.05) is 50.5 Å². The standard InChI is InChI=1S/C29H37N5O6/c1-19-7-3-4-10-23(19)31-28(38)32-24-12-11-21(15-25(24)40-2)26(35)33-13-5-8-20(17-33)16-30-29(39)34-14-6-9-22(18-34)27(36)37/h3-4,7,10-12,15,20,22H,5-6,8-9,13-14,16-18H2,1-2H3,(H,30,39)(H,36,37)(H2,31,32,38). The number of aryl methyl sites for hydroxylation is 1. The zero-order chi connectivity index (χ0) is 28.6. The number of hydrogen-bond acceptors (Lipinski definition) is 5. The van der Waals surface area contributed by atoms with E-state index < -0.39 is 17.9 Å². The van der Waals surface area contributed by atoms with Gasteiger partial charge in [0.05, 0.1) is 18.7 Å². The molecule has 11 nitrogen and oxygen atoms in total. The third kappa shape index (κ3) is 7.22. The summed E-state index contributed by atoms with van der Waals surface area (Å²) in [4.78, 5) is 53.2. The molecule has 11 heteroatoms. The third-order valence-electron chi connectivity index (χ3n) is 7.50. The first-order valence-electron chi connectivity index (χ1n) is 13.6. The minimum absolute atomic E-state index is 0.0923. The Balaban J connectivity index is 1.32. The summed E-state index contributed by atoms with van der Waals surface area (Å²) in [5.41, 5.74) is 2.51. The van der Waals surface area contributed by atoms with Crippen LogP contribution in [0.4, 0.5) is 21.0 Å². The van der Waals surface area contributed by atoms with Crippen molar-refractivity contribution < 1.29 is 29.0 Å². The Kier molecular flexibility index (Phi) is 9.47. The first-order valence-corrected chi connectivity index (χ1v) is 13.6. The highest BCUT2D eigenvalue weighted by molar-refractivity contribution is 6.02. The van der Waals surface area contributed by atoms with Crippen LogP contribution >= 0.6 is 0 Å². The van der Waals surface area contributed by atoms with Crippen LogP contribution in [0.5, 0.6) is 5.75 Å². The molecule has 2 heterocycles. The Labute approximate surface area is 233 Å². The molecular formula is C29H37N5O6. The number of nitrogens with one attached hydrogen (secondary N) is 3. The third-order valence-corrected chi connectivity index (χ3v) is 7.50. The predicted octanol–water partition coefficient (Wildman–Crippen LogP) is 4.01. The van der Waals surface area contributed by atoms with Crippen LogP contribution in [0.1, 0.15) is 41.6 Å². The number of anilines is 2. The van der Waals surface area contributed by atoms with Crippen LogP contribution in [0.25, 0.3) is 0 Å². The topological polar surface area (TPSA) is 140 Å². The summed E-state index contributed by atoms with van der Waals surface area (Å²) in [6.07, 6.45) is 2.95. The summed E-state index contributed by atoms with van der Waals surface area (Å²) in [6, 6.07) is 11.7. The molecule has 5 amide bonds. The van der Waals surface area contributed by atoms with Crippen LogP contribution in [0.15, 0.2) is 42.5 Å². The number of carboxylic acid groups (broad SMARTS) is 1. The molecule has 2 aliphatic rings. The number of methoxy groups -OCH3 is 1. The summed E-state index contributed by atoms with van der Waals surface area (Å²) in [7, 11) is 1.48. The molecule has 40 heavy (non-hydrogen) atoms. The Hall–Kier alpha value is -4.28. The van der Waals surface area contributed by atoms with E-state index in [1.165, 1.54) is 7.11 Å². The quantitative estimate of drug-likeness (QED) is 0.410. The van der Waals surface area contributed by atoms with E-state index in [1.807, 2.05) is 31.2 Å². The molecule has 4 N–H and O–H groups in total. The molecule has 0 spiro atoms. The van der Waals surface area contributed by atoms with Crippen molar-refractivity contribution in [3.8, 4) is 5.75 Å². The average Bonchev–Trinajstić information content (AvgIpc) is 2.97. The van der Waals surface area contributed by atoms with Gasteiger partial charge in [0.1, 0.15) is 5.75 Å². The minimum atomic E-state index is -0.870. The molecule has 0 saturated carbocycles. The Morgan fingerprint density at radius 3 is 2.42 bits per heavy atom. The van der Waals surface area contributed by atoms with E-state index in [-0.39, 0.29) is 24.4 Å². The van der Waals surface area contributed by atoms with Gasteiger partial charge in [-0.3, -0.25) is 9.59 Å². The van der Waals surface area contributed by atoms with Crippen molar-refractivity contribution in [1.29, 1.82) is 0 Å². The molecule has 0 radical (unpaired) electrons. The van der Waals surface area contributed by atoms with Crippen LogP contribution in [-0.4, -0.2) is 78.7 Å². The molecular weight excluding hydrogens is 514 g/mol. The number of rotatable bonds is 7. The number of carboxylic acids is 1. The number of aliphatic carboxylic acids is 1. The first-order chi connectivity index (χ1) is 19.2. The highest BCUT2D eigenvalue weighted by Gasteiger charge is 2.29. The lowest BCUT2D eigenvalue weighted by Crippen LogP contribution is -2.49. The van der Waals surface area contributed by atoms with Crippen LogP contribution in [0, 0.1) is 18.8 Å². The number of carbonyl (C=O) groups excluding carboxylic acids is 3. The van der Waals surface area contributed by atoms with Gasteiger partial charge in [-0.15, -0.1) is 0 Å². The van der Waals surface area contributed by atoms with Gasteiger partial charge in [-0.25, -0.2) is 9.59 Å². The van der Waals surface area contributed by atoms with E-state index >= 15 is 0 Å². The number of para-hydroxylation sites is 1. The number of hydrogen-bond donors (Lipinski definition) is 4. The van der Waals surface area contributed by atoms with Gasteiger partial charge in [-0.2, -0.15) is 0 Å². The fourth-order valence-electron chi connectivity index (χ4n) is 5.22. The fourth-order valence-corrected chi connectivity index (χ4v) is 5.22. The number of ether oxygens (including phenoxy) is 1. The zero-order valence-electron chi connectivity index (χ0n) is 22.9. The molecule has 0 aliphatic carbocycles. The fraction of sp³-hybridized carbons (Fsp3) is 0.448. The summed E-state index contributed by atoms with van der Waals surface area (Å²) in [6.45, 7) is 4.19. The maximum absolute atomic E-state index is 13.3. The van der Waals surface area contributed by atoms with Gasteiger partial charge in [0, 0.05) is 44.0 Å². The van der Waals surface area contributed by atoms with Crippen LogP contribution in [-0.2, 0) is 4.79 Å². The average molecular weight is 552 g/mol. The predicted molar refractivity (Wildman–Crippen MR) is 151 cm³/mol. The van der Waals surface area contributed by atoms with Crippen molar-refractivity contribution in [2.24, 2.45) is 11.8 Å². The first kappa shape index (κ1) is 28.7. The van der Waals surface area contributed by atoms with Crippen molar-refractivity contribution in [3.63, 3.8) is 0 Å². The number of carbonyl (C=O) groups is 4. The van der Waals surface area contributed by atoms with E-state index in [0.717, 1.165) is 18.4 Å². The SMILES string of the molecule is COc1cc(C(=O)N2CCCC(CNC(=O)N3CCCC(C(=O)O)C3)C2)ccc1NC(=O)Nc1ccccc1C. The van der Waals surface area contributed by atoms with Gasteiger partial charge in [0.15, 0.2) is 0 Å².